The molecule has 1 unspecified atom stereocenters. The molecule has 15 heavy (non-hydrogen) atoms. The van der Waals surface area contributed by atoms with Crippen LogP contribution in [0.4, 0.5) is 0 Å². The van der Waals surface area contributed by atoms with Crippen LogP contribution in [-0.2, 0) is 0 Å². The van der Waals surface area contributed by atoms with Gasteiger partial charge in [-0.25, -0.2) is 0 Å². The van der Waals surface area contributed by atoms with Gasteiger partial charge in [0.25, 0.3) is 0 Å². The van der Waals surface area contributed by atoms with E-state index in [0.29, 0.717) is 0 Å². The third-order valence-electron chi connectivity index (χ3n) is 2.49. The molecular formula is C13H17BrO. The zero-order valence-corrected chi connectivity index (χ0v) is 10.6. The first kappa shape index (κ1) is 12.5. The summed E-state index contributed by atoms with van der Waals surface area (Å²) >= 11 is 3.42. The van der Waals surface area contributed by atoms with Gasteiger partial charge in [0.1, 0.15) is 0 Å². The fourth-order valence-electron chi connectivity index (χ4n) is 1.58. The number of hydrogen-bond donors (Lipinski definition) is 1. The minimum Gasteiger partial charge on any atom is -0.388 e. The Morgan fingerprint density at radius 1 is 1.53 bits per heavy atom. The van der Waals surface area contributed by atoms with Crippen LogP contribution in [0, 0.1) is 6.92 Å². The lowest BCUT2D eigenvalue weighted by molar-refractivity contribution is 0.164. The second kappa shape index (κ2) is 6.09. The predicted molar refractivity (Wildman–Crippen MR) is 67.9 cm³/mol. The fraction of sp³-hybridized carbons (Fsp3) is 0.385. The van der Waals surface area contributed by atoms with Crippen molar-refractivity contribution in [2.75, 3.05) is 0 Å². The molecule has 1 aromatic rings. The normalized spacial score (nSPS) is 12.5. The summed E-state index contributed by atoms with van der Waals surface area (Å²) in [4.78, 5) is 0. The Hall–Kier alpha value is -0.600. The maximum Gasteiger partial charge on any atom is 0.0793 e. The maximum atomic E-state index is 10.00. The van der Waals surface area contributed by atoms with Crippen LogP contribution in [0.3, 0.4) is 0 Å². The quantitative estimate of drug-likeness (QED) is 0.629. The van der Waals surface area contributed by atoms with Gasteiger partial charge in [-0.2, -0.15) is 0 Å². The molecule has 0 fully saturated rings. The van der Waals surface area contributed by atoms with Crippen LogP contribution in [0.2, 0.25) is 0 Å². The van der Waals surface area contributed by atoms with Crippen molar-refractivity contribution in [2.45, 2.75) is 32.3 Å². The molecule has 0 aliphatic carbocycles. The number of allylic oxidation sites excluding steroid dienone is 1. The zero-order chi connectivity index (χ0) is 11.3. The van der Waals surface area contributed by atoms with E-state index in [0.717, 1.165) is 34.9 Å². The Morgan fingerprint density at radius 3 is 2.93 bits per heavy atom. The first-order valence-corrected chi connectivity index (χ1v) is 5.99. The van der Waals surface area contributed by atoms with Crippen LogP contribution in [0.1, 0.15) is 36.5 Å². The third-order valence-corrected chi connectivity index (χ3v) is 2.98. The standard InChI is InChI=1S/C13H17BrO/c1-3-4-5-6-13(15)12-9-11(14)8-7-10(12)2/h3,7-9,13,15H,1,4-6H2,2H3. The van der Waals surface area contributed by atoms with Crippen molar-refractivity contribution in [1.29, 1.82) is 0 Å². The molecular weight excluding hydrogens is 252 g/mol. The highest BCUT2D eigenvalue weighted by Crippen LogP contribution is 2.25. The van der Waals surface area contributed by atoms with Gasteiger partial charge < -0.3 is 5.11 Å². The van der Waals surface area contributed by atoms with Gasteiger partial charge in [0, 0.05) is 4.47 Å². The molecule has 0 radical (unpaired) electrons. The van der Waals surface area contributed by atoms with Gasteiger partial charge in [-0.3, -0.25) is 0 Å². The summed E-state index contributed by atoms with van der Waals surface area (Å²) in [6.07, 6.45) is 4.27. The first-order valence-electron chi connectivity index (χ1n) is 5.20. The molecule has 1 atom stereocenters. The van der Waals surface area contributed by atoms with Gasteiger partial charge in [0.15, 0.2) is 0 Å². The summed E-state index contributed by atoms with van der Waals surface area (Å²) in [5.74, 6) is 0. The monoisotopic (exact) mass is 268 g/mol. The largest absolute Gasteiger partial charge is 0.388 e. The second-order valence-corrected chi connectivity index (χ2v) is 4.65. The van der Waals surface area contributed by atoms with Gasteiger partial charge >= 0.3 is 0 Å². The first-order chi connectivity index (χ1) is 7.15. The summed E-state index contributed by atoms with van der Waals surface area (Å²) in [7, 11) is 0. The van der Waals surface area contributed by atoms with E-state index < -0.39 is 0 Å². The van der Waals surface area contributed by atoms with E-state index in [4.69, 9.17) is 0 Å². The summed E-state index contributed by atoms with van der Waals surface area (Å²) < 4.78 is 1.02. The summed E-state index contributed by atoms with van der Waals surface area (Å²) in [5, 5.41) is 10.00. The lowest BCUT2D eigenvalue weighted by atomic mass is 9.99. The molecule has 0 aliphatic heterocycles. The van der Waals surface area contributed by atoms with Crippen LogP contribution >= 0.6 is 15.9 Å². The zero-order valence-electron chi connectivity index (χ0n) is 9.04. The van der Waals surface area contributed by atoms with Gasteiger partial charge in [-0.05, 0) is 49.4 Å². The van der Waals surface area contributed by atoms with E-state index >= 15 is 0 Å². The molecule has 0 saturated heterocycles. The highest BCUT2D eigenvalue weighted by molar-refractivity contribution is 9.10. The number of aryl methyl sites for hydroxylation is 1. The highest BCUT2D eigenvalue weighted by atomic mass is 79.9. The minimum absolute atomic E-state index is 0.359. The van der Waals surface area contributed by atoms with E-state index in [1.165, 1.54) is 0 Å². The van der Waals surface area contributed by atoms with Gasteiger partial charge in [-0.15, -0.1) is 6.58 Å². The molecule has 82 valence electrons. The molecule has 0 amide bonds. The minimum atomic E-state index is -0.359. The Labute approximate surface area is 100.0 Å². The lowest BCUT2D eigenvalue weighted by Crippen LogP contribution is -1.99. The van der Waals surface area contributed by atoms with Crippen molar-refractivity contribution in [3.8, 4) is 0 Å². The molecule has 0 saturated carbocycles. The second-order valence-electron chi connectivity index (χ2n) is 3.74. The number of halogens is 1. The molecule has 1 rings (SSSR count). The molecule has 0 bridgehead atoms. The molecule has 0 aromatic heterocycles. The van der Waals surface area contributed by atoms with Crippen LogP contribution < -0.4 is 0 Å². The van der Waals surface area contributed by atoms with Crippen LogP contribution in [0.5, 0.6) is 0 Å². The van der Waals surface area contributed by atoms with E-state index in [9.17, 15) is 5.11 Å². The van der Waals surface area contributed by atoms with Gasteiger partial charge in [-0.1, -0.05) is 28.1 Å². The molecule has 1 nitrogen and oxygen atoms in total. The average Bonchev–Trinajstić information content (AvgIpc) is 2.22. The van der Waals surface area contributed by atoms with Crippen LogP contribution in [0.15, 0.2) is 35.3 Å². The summed E-state index contributed by atoms with van der Waals surface area (Å²) in [6, 6.07) is 6.01. The van der Waals surface area contributed by atoms with E-state index in [1.807, 2.05) is 31.2 Å². The van der Waals surface area contributed by atoms with Gasteiger partial charge in [0.05, 0.1) is 6.10 Å². The van der Waals surface area contributed by atoms with E-state index in [-0.39, 0.29) is 6.10 Å². The number of rotatable bonds is 5. The van der Waals surface area contributed by atoms with Crippen LogP contribution in [0.25, 0.3) is 0 Å². The SMILES string of the molecule is C=CCCCC(O)c1cc(Br)ccc1C. The Morgan fingerprint density at radius 2 is 2.27 bits per heavy atom. The molecule has 1 aromatic carbocycles. The Bertz CT molecular complexity index is 333. The molecule has 1 N–H and O–H groups in total. The number of benzene rings is 1. The molecule has 2 heteroatoms. The third kappa shape index (κ3) is 3.80. The van der Waals surface area contributed by atoms with Crippen molar-refractivity contribution in [3.63, 3.8) is 0 Å². The van der Waals surface area contributed by atoms with Crippen molar-refractivity contribution < 1.29 is 5.11 Å². The summed E-state index contributed by atoms with van der Waals surface area (Å²) in [6.45, 7) is 5.70. The molecule has 0 spiro atoms. The number of aliphatic hydroxyl groups excluding tert-OH is 1. The number of aliphatic hydroxyl groups is 1. The molecule has 0 aliphatic rings. The van der Waals surface area contributed by atoms with Gasteiger partial charge in [0.2, 0.25) is 0 Å². The molecule has 0 heterocycles. The lowest BCUT2D eigenvalue weighted by Gasteiger charge is -2.13. The summed E-state index contributed by atoms with van der Waals surface area (Å²) in [5.41, 5.74) is 2.16. The van der Waals surface area contributed by atoms with Crippen molar-refractivity contribution in [1.82, 2.24) is 0 Å². The Balaban J connectivity index is 2.67. The fourth-order valence-corrected chi connectivity index (χ4v) is 1.96. The van der Waals surface area contributed by atoms with Crippen molar-refractivity contribution >= 4 is 15.9 Å². The maximum absolute atomic E-state index is 10.00. The van der Waals surface area contributed by atoms with E-state index in [2.05, 4.69) is 22.5 Å². The predicted octanol–water partition coefficient (Wildman–Crippen LogP) is 4.15. The number of hydrogen-bond acceptors (Lipinski definition) is 1. The van der Waals surface area contributed by atoms with Crippen molar-refractivity contribution in [2.24, 2.45) is 0 Å². The highest BCUT2D eigenvalue weighted by Gasteiger charge is 2.09. The van der Waals surface area contributed by atoms with Crippen LogP contribution in [-0.4, -0.2) is 5.11 Å². The van der Waals surface area contributed by atoms with Crippen molar-refractivity contribution in [3.05, 3.63) is 46.5 Å². The topological polar surface area (TPSA) is 20.2 Å². The van der Waals surface area contributed by atoms with E-state index in [1.54, 1.807) is 0 Å². The average molecular weight is 269 g/mol. The smallest absolute Gasteiger partial charge is 0.0793 e. The number of unbranched alkanes of at least 4 members (excludes halogenated alkanes) is 1. The Kier molecular flexibility index (Phi) is 5.06.